The number of nitrogens with one attached hydrogen (secondary N) is 1. The lowest BCUT2D eigenvalue weighted by atomic mass is 9.98. The number of hydrogen-bond donors (Lipinski definition) is 2. The number of nitrogens with two attached hydrogens (primary N) is 1. The smallest absolute Gasteiger partial charge is 0.271 e. The van der Waals surface area contributed by atoms with Crippen molar-refractivity contribution in [3.63, 3.8) is 0 Å². The maximum Gasteiger partial charge on any atom is 0.271 e. The first-order valence-corrected chi connectivity index (χ1v) is 5.30. The molecule has 2 rings (SSSR count). The van der Waals surface area contributed by atoms with Crippen LogP contribution in [0.4, 0.5) is 0 Å². The van der Waals surface area contributed by atoms with Gasteiger partial charge < -0.3 is 10.6 Å². The van der Waals surface area contributed by atoms with Crippen LogP contribution in [0.2, 0.25) is 0 Å². The van der Waals surface area contributed by atoms with Gasteiger partial charge >= 0.3 is 0 Å². The van der Waals surface area contributed by atoms with E-state index in [-0.39, 0.29) is 18.3 Å². The fraction of sp³-hybridized carbons (Fsp3) is 0.600. The van der Waals surface area contributed by atoms with Crippen molar-refractivity contribution in [1.29, 1.82) is 0 Å². The maximum absolute atomic E-state index is 11.9. The van der Waals surface area contributed by atoms with Crippen molar-refractivity contribution in [1.82, 2.24) is 15.1 Å². The summed E-state index contributed by atoms with van der Waals surface area (Å²) in [5.74, 6) is 0.483. The van der Waals surface area contributed by atoms with Crippen LogP contribution in [-0.2, 0) is 0 Å². The van der Waals surface area contributed by atoms with E-state index in [1.54, 1.807) is 12.3 Å². The van der Waals surface area contributed by atoms with Crippen molar-refractivity contribution in [2.24, 2.45) is 11.7 Å². The van der Waals surface area contributed by atoms with E-state index >= 15 is 0 Å². The third kappa shape index (κ3) is 2.74. The highest BCUT2D eigenvalue weighted by Gasteiger charge is 2.24. The average molecular weight is 245 g/mol. The van der Waals surface area contributed by atoms with E-state index in [9.17, 15) is 4.79 Å². The minimum atomic E-state index is 0. The fourth-order valence-corrected chi connectivity index (χ4v) is 1.99. The van der Waals surface area contributed by atoms with Crippen LogP contribution >= 0.6 is 12.4 Å². The lowest BCUT2D eigenvalue weighted by Crippen LogP contribution is -2.42. The van der Waals surface area contributed by atoms with Crippen LogP contribution < -0.4 is 5.73 Å². The van der Waals surface area contributed by atoms with Crippen molar-refractivity contribution in [3.8, 4) is 0 Å². The van der Waals surface area contributed by atoms with E-state index in [1.807, 2.05) is 4.90 Å². The van der Waals surface area contributed by atoms with E-state index in [0.29, 0.717) is 18.2 Å². The number of aromatic nitrogens is 2. The van der Waals surface area contributed by atoms with E-state index in [1.165, 1.54) is 0 Å². The second-order valence-electron chi connectivity index (χ2n) is 3.97. The summed E-state index contributed by atoms with van der Waals surface area (Å²) in [5, 5.41) is 6.47. The molecule has 2 heterocycles. The summed E-state index contributed by atoms with van der Waals surface area (Å²) in [6.45, 7) is 2.26. The minimum Gasteiger partial charge on any atom is -0.337 e. The molecular weight excluding hydrogens is 228 g/mol. The Morgan fingerprint density at radius 2 is 2.50 bits per heavy atom. The summed E-state index contributed by atoms with van der Waals surface area (Å²) in [5.41, 5.74) is 6.19. The van der Waals surface area contributed by atoms with Crippen LogP contribution in [0.5, 0.6) is 0 Å². The number of piperidine rings is 1. The van der Waals surface area contributed by atoms with Gasteiger partial charge in [0.25, 0.3) is 5.91 Å². The molecule has 5 nitrogen and oxygen atoms in total. The van der Waals surface area contributed by atoms with Gasteiger partial charge in [-0.3, -0.25) is 9.89 Å². The second-order valence-corrected chi connectivity index (χ2v) is 3.97. The van der Waals surface area contributed by atoms with Crippen LogP contribution in [0.3, 0.4) is 0 Å². The number of hydrogen-bond acceptors (Lipinski definition) is 3. The molecule has 1 aromatic heterocycles. The van der Waals surface area contributed by atoms with Gasteiger partial charge in [-0.15, -0.1) is 12.4 Å². The first-order valence-electron chi connectivity index (χ1n) is 5.30. The second kappa shape index (κ2) is 5.86. The van der Waals surface area contributed by atoms with Gasteiger partial charge in [0, 0.05) is 19.3 Å². The number of nitrogens with zero attached hydrogens (tertiary/aromatic N) is 2. The predicted molar refractivity (Wildman–Crippen MR) is 63.5 cm³/mol. The predicted octanol–water partition coefficient (Wildman–Crippen LogP) is 0.642. The summed E-state index contributed by atoms with van der Waals surface area (Å²) < 4.78 is 0. The summed E-state index contributed by atoms with van der Waals surface area (Å²) >= 11 is 0. The highest BCUT2D eigenvalue weighted by molar-refractivity contribution is 5.92. The number of aromatic amines is 1. The lowest BCUT2D eigenvalue weighted by molar-refractivity contribution is 0.0672. The molecule has 0 bridgehead atoms. The maximum atomic E-state index is 11.9. The number of halogens is 1. The fourth-order valence-electron chi connectivity index (χ4n) is 1.99. The Morgan fingerprint density at radius 1 is 1.69 bits per heavy atom. The van der Waals surface area contributed by atoms with Crippen LogP contribution in [0.1, 0.15) is 23.3 Å². The molecule has 0 aromatic carbocycles. The van der Waals surface area contributed by atoms with Crippen molar-refractivity contribution >= 4 is 18.3 Å². The third-order valence-corrected chi connectivity index (χ3v) is 2.87. The molecule has 1 aliphatic rings. The monoisotopic (exact) mass is 244 g/mol. The van der Waals surface area contributed by atoms with Crippen molar-refractivity contribution in [2.45, 2.75) is 12.8 Å². The van der Waals surface area contributed by atoms with Crippen LogP contribution in [0.25, 0.3) is 0 Å². The number of H-pyrrole nitrogens is 1. The molecule has 0 saturated carbocycles. The van der Waals surface area contributed by atoms with E-state index in [2.05, 4.69) is 10.2 Å². The summed E-state index contributed by atoms with van der Waals surface area (Å²) in [7, 11) is 0. The Balaban J connectivity index is 0.00000128. The Kier molecular flexibility index (Phi) is 4.76. The summed E-state index contributed by atoms with van der Waals surface area (Å²) in [4.78, 5) is 13.8. The van der Waals surface area contributed by atoms with E-state index in [0.717, 1.165) is 25.9 Å². The van der Waals surface area contributed by atoms with Gasteiger partial charge in [-0.05, 0) is 31.4 Å². The molecule has 1 aromatic rings. The molecule has 1 fully saturated rings. The van der Waals surface area contributed by atoms with Gasteiger partial charge in [0.1, 0.15) is 5.69 Å². The number of amides is 1. The Morgan fingerprint density at radius 3 is 3.12 bits per heavy atom. The Bertz CT molecular complexity index is 328. The molecule has 3 N–H and O–H groups in total. The molecule has 1 saturated heterocycles. The summed E-state index contributed by atoms with van der Waals surface area (Å²) in [6, 6.07) is 1.70. The van der Waals surface area contributed by atoms with E-state index in [4.69, 9.17) is 5.73 Å². The van der Waals surface area contributed by atoms with Gasteiger partial charge in [0.15, 0.2) is 0 Å². The molecule has 1 atom stereocenters. The number of carbonyl (C=O) groups is 1. The van der Waals surface area contributed by atoms with Gasteiger partial charge in [-0.25, -0.2) is 0 Å². The van der Waals surface area contributed by atoms with Crippen molar-refractivity contribution in [2.75, 3.05) is 19.6 Å². The molecule has 0 radical (unpaired) electrons. The molecule has 1 unspecified atom stereocenters. The SMILES string of the molecule is Cl.NCC1CCCN(C(=O)c2ccn[nH]2)C1. The number of rotatable bonds is 2. The van der Waals surface area contributed by atoms with Gasteiger partial charge in [-0.2, -0.15) is 5.10 Å². The van der Waals surface area contributed by atoms with Gasteiger partial charge in [0.05, 0.1) is 0 Å². The van der Waals surface area contributed by atoms with Crippen molar-refractivity contribution in [3.05, 3.63) is 18.0 Å². The van der Waals surface area contributed by atoms with E-state index < -0.39 is 0 Å². The van der Waals surface area contributed by atoms with Crippen molar-refractivity contribution < 1.29 is 4.79 Å². The van der Waals surface area contributed by atoms with Crippen LogP contribution in [0.15, 0.2) is 12.3 Å². The number of carbonyl (C=O) groups excluding carboxylic acids is 1. The molecule has 0 spiro atoms. The Labute approximate surface area is 101 Å². The molecular formula is C10H17ClN4O. The normalized spacial score (nSPS) is 20.3. The molecule has 90 valence electrons. The minimum absolute atomic E-state index is 0. The highest BCUT2D eigenvalue weighted by Crippen LogP contribution is 2.16. The zero-order chi connectivity index (χ0) is 10.7. The standard InChI is InChI=1S/C10H16N4O.ClH/c11-6-8-2-1-5-14(7-8)10(15)9-3-4-12-13-9;/h3-4,8H,1-2,5-7,11H2,(H,12,13);1H. The molecule has 1 amide bonds. The molecule has 1 aliphatic heterocycles. The average Bonchev–Trinajstić information content (AvgIpc) is 2.81. The number of likely N-dealkylation sites (tertiary alicyclic amines) is 1. The van der Waals surface area contributed by atoms with Gasteiger partial charge in [0.2, 0.25) is 0 Å². The Hall–Kier alpha value is -1.07. The summed E-state index contributed by atoms with van der Waals surface area (Å²) in [6.07, 6.45) is 3.77. The van der Waals surface area contributed by atoms with Crippen LogP contribution in [0, 0.1) is 5.92 Å². The van der Waals surface area contributed by atoms with Gasteiger partial charge in [-0.1, -0.05) is 0 Å². The first-order chi connectivity index (χ1) is 7.31. The first kappa shape index (κ1) is 13.0. The lowest BCUT2D eigenvalue weighted by Gasteiger charge is -2.31. The largest absolute Gasteiger partial charge is 0.337 e. The zero-order valence-corrected chi connectivity index (χ0v) is 9.87. The molecule has 0 aliphatic carbocycles. The molecule has 6 heteroatoms. The zero-order valence-electron chi connectivity index (χ0n) is 9.06. The topological polar surface area (TPSA) is 75.0 Å². The third-order valence-electron chi connectivity index (χ3n) is 2.87. The molecule has 16 heavy (non-hydrogen) atoms. The van der Waals surface area contributed by atoms with Crippen LogP contribution in [-0.4, -0.2) is 40.6 Å². The highest BCUT2D eigenvalue weighted by atomic mass is 35.5. The quantitative estimate of drug-likeness (QED) is 0.802.